The van der Waals surface area contributed by atoms with Gasteiger partial charge in [-0.3, -0.25) is 4.72 Å². The zero-order valence-electron chi connectivity index (χ0n) is 15.5. The minimum atomic E-state index is -3.76. The van der Waals surface area contributed by atoms with Crippen LogP contribution in [0.4, 0.5) is 5.69 Å². The molecule has 0 radical (unpaired) electrons. The zero-order chi connectivity index (χ0) is 19.2. The van der Waals surface area contributed by atoms with Crippen molar-refractivity contribution in [2.45, 2.75) is 50.8 Å². The molecule has 142 valence electrons. The average molecular weight is 386 g/mol. The Balaban J connectivity index is 1.71. The smallest absolute Gasteiger partial charge is 0.264 e. The first kappa shape index (κ1) is 17.8. The molecule has 27 heavy (non-hydrogen) atoms. The highest BCUT2D eigenvalue weighted by Gasteiger charge is 2.31. The van der Waals surface area contributed by atoms with Crippen molar-refractivity contribution in [1.82, 2.24) is 15.2 Å². The quantitative estimate of drug-likeness (QED) is 0.669. The summed E-state index contributed by atoms with van der Waals surface area (Å²) in [4.78, 5) is 3.32. The maximum atomic E-state index is 13.1. The lowest BCUT2D eigenvalue weighted by molar-refractivity contribution is 0.507. The van der Waals surface area contributed by atoms with Gasteiger partial charge in [0.2, 0.25) is 5.89 Å². The van der Waals surface area contributed by atoms with Crippen LogP contribution in [0.2, 0.25) is 0 Å². The molecule has 0 unspecified atom stereocenters. The molecule has 0 atom stereocenters. The molecular weight excluding hydrogens is 364 g/mol. The van der Waals surface area contributed by atoms with Gasteiger partial charge in [0.15, 0.2) is 0 Å². The summed E-state index contributed by atoms with van der Waals surface area (Å²) in [6, 6.07) is 7.40. The Kier molecular flexibility index (Phi) is 4.30. The molecule has 1 aliphatic rings. The van der Waals surface area contributed by atoms with E-state index in [1.807, 2.05) is 25.1 Å². The zero-order valence-corrected chi connectivity index (χ0v) is 16.4. The summed E-state index contributed by atoms with van der Waals surface area (Å²) in [5.41, 5.74) is 3.19. The van der Waals surface area contributed by atoms with E-state index >= 15 is 0 Å². The van der Waals surface area contributed by atoms with Crippen LogP contribution in [0.15, 0.2) is 33.6 Å². The largest absolute Gasteiger partial charge is 0.419 e. The van der Waals surface area contributed by atoms with E-state index in [2.05, 4.69) is 19.9 Å². The number of aromatic amines is 1. The van der Waals surface area contributed by atoms with Crippen LogP contribution in [-0.2, 0) is 16.4 Å². The summed E-state index contributed by atoms with van der Waals surface area (Å²) in [7, 11) is -3.76. The van der Waals surface area contributed by atoms with Crippen LogP contribution in [0.5, 0.6) is 0 Å². The number of H-pyrrole nitrogens is 1. The first-order valence-corrected chi connectivity index (χ1v) is 10.5. The number of hydrogen-bond acceptors (Lipinski definition) is 5. The summed E-state index contributed by atoms with van der Waals surface area (Å²) in [6.45, 7) is 5.47. The van der Waals surface area contributed by atoms with Gasteiger partial charge in [0.25, 0.3) is 15.9 Å². The lowest BCUT2D eigenvalue weighted by Gasteiger charge is -2.12. The number of para-hydroxylation sites is 1. The molecule has 1 saturated carbocycles. The molecule has 0 amide bonds. The Bertz CT molecular complexity index is 1090. The highest BCUT2D eigenvalue weighted by Crippen LogP contribution is 2.40. The second-order valence-electron chi connectivity index (χ2n) is 6.92. The fourth-order valence-corrected chi connectivity index (χ4v) is 4.85. The predicted octanol–water partition coefficient (Wildman–Crippen LogP) is 3.92. The molecule has 8 heteroatoms. The number of nitrogens with zero attached hydrogens (tertiary/aromatic N) is 2. The molecule has 2 aromatic heterocycles. The van der Waals surface area contributed by atoms with E-state index in [9.17, 15) is 8.42 Å². The van der Waals surface area contributed by atoms with E-state index < -0.39 is 10.0 Å². The average Bonchev–Trinajstić information content (AvgIpc) is 3.28. The number of aryl methyl sites for hydroxylation is 2. The van der Waals surface area contributed by atoms with E-state index in [0.29, 0.717) is 40.3 Å². The van der Waals surface area contributed by atoms with E-state index in [1.54, 1.807) is 19.9 Å². The third-order valence-electron chi connectivity index (χ3n) is 4.86. The molecule has 0 spiro atoms. The Hall–Kier alpha value is -2.61. The minimum absolute atomic E-state index is 0.217. The number of rotatable bonds is 6. The van der Waals surface area contributed by atoms with Gasteiger partial charge in [-0.05, 0) is 44.7 Å². The number of benzene rings is 1. The summed E-state index contributed by atoms with van der Waals surface area (Å²) >= 11 is 0. The van der Waals surface area contributed by atoms with Crippen molar-refractivity contribution in [2.75, 3.05) is 4.72 Å². The van der Waals surface area contributed by atoms with Crippen LogP contribution in [0.1, 0.15) is 48.4 Å². The third kappa shape index (κ3) is 3.25. The normalized spacial score (nSPS) is 14.5. The number of anilines is 1. The Morgan fingerprint density at radius 3 is 2.67 bits per heavy atom. The van der Waals surface area contributed by atoms with Gasteiger partial charge >= 0.3 is 0 Å². The third-order valence-corrected chi connectivity index (χ3v) is 6.50. The second kappa shape index (κ2) is 6.53. The number of hydrogen-bond donors (Lipinski definition) is 2. The van der Waals surface area contributed by atoms with Crippen LogP contribution in [0, 0.1) is 13.8 Å². The molecule has 0 aliphatic heterocycles. The maximum absolute atomic E-state index is 13.1. The minimum Gasteiger partial charge on any atom is -0.419 e. The SMILES string of the molecule is CCc1ccccc1NS(=O)(=O)c1c(C)[nH]c(-c2nnc(C3CC3)o2)c1C. The topological polar surface area (TPSA) is 101 Å². The monoisotopic (exact) mass is 386 g/mol. The van der Waals surface area contributed by atoms with Gasteiger partial charge in [0, 0.05) is 17.2 Å². The summed E-state index contributed by atoms with van der Waals surface area (Å²) in [5, 5.41) is 8.18. The Morgan fingerprint density at radius 1 is 1.22 bits per heavy atom. The number of nitrogens with one attached hydrogen (secondary N) is 2. The molecule has 3 aromatic rings. The predicted molar refractivity (Wildman–Crippen MR) is 102 cm³/mol. The van der Waals surface area contributed by atoms with Gasteiger partial charge in [-0.25, -0.2) is 8.42 Å². The first-order chi connectivity index (χ1) is 12.9. The van der Waals surface area contributed by atoms with Gasteiger partial charge in [-0.2, -0.15) is 0 Å². The van der Waals surface area contributed by atoms with Crippen LogP contribution >= 0.6 is 0 Å². The molecule has 1 aliphatic carbocycles. The van der Waals surface area contributed by atoms with Crippen molar-refractivity contribution in [3.8, 4) is 11.6 Å². The fourth-order valence-electron chi connectivity index (χ4n) is 3.30. The van der Waals surface area contributed by atoms with E-state index in [1.165, 1.54) is 0 Å². The van der Waals surface area contributed by atoms with Crippen LogP contribution < -0.4 is 4.72 Å². The van der Waals surface area contributed by atoms with E-state index in [-0.39, 0.29) is 4.90 Å². The van der Waals surface area contributed by atoms with Crippen LogP contribution in [-0.4, -0.2) is 23.6 Å². The van der Waals surface area contributed by atoms with Crippen molar-refractivity contribution in [1.29, 1.82) is 0 Å². The standard InChI is InChI=1S/C19H22N4O3S/c1-4-13-7-5-6-8-15(13)23-27(24,25)17-11(2)16(20-12(17)3)19-22-21-18(26-19)14-9-10-14/h5-8,14,20,23H,4,9-10H2,1-3H3. The lowest BCUT2D eigenvalue weighted by atomic mass is 10.1. The number of aromatic nitrogens is 3. The summed E-state index contributed by atoms with van der Waals surface area (Å²) in [6.07, 6.45) is 2.86. The van der Waals surface area contributed by atoms with Gasteiger partial charge in [0.1, 0.15) is 10.6 Å². The molecule has 1 fully saturated rings. The molecule has 0 bridgehead atoms. The van der Waals surface area contributed by atoms with Gasteiger partial charge < -0.3 is 9.40 Å². The van der Waals surface area contributed by atoms with Crippen molar-refractivity contribution < 1.29 is 12.8 Å². The van der Waals surface area contributed by atoms with Crippen molar-refractivity contribution in [3.63, 3.8) is 0 Å². The van der Waals surface area contributed by atoms with E-state index in [0.717, 1.165) is 24.8 Å². The molecule has 2 heterocycles. The van der Waals surface area contributed by atoms with Crippen molar-refractivity contribution in [3.05, 3.63) is 47.0 Å². The fraction of sp³-hybridized carbons (Fsp3) is 0.368. The molecular formula is C19H22N4O3S. The molecule has 1 aromatic carbocycles. The Morgan fingerprint density at radius 2 is 1.96 bits per heavy atom. The first-order valence-electron chi connectivity index (χ1n) is 9.04. The van der Waals surface area contributed by atoms with Crippen LogP contribution in [0.3, 0.4) is 0 Å². The molecule has 0 saturated heterocycles. The van der Waals surface area contributed by atoms with Gasteiger partial charge in [0.05, 0.1) is 5.69 Å². The molecule has 2 N–H and O–H groups in total. The van der Waals surface area contributed by atoms with Gasteiger partial charge in [-0.15, -0.1) is 10.2 Å². The molecule has 4 rings (SSSR count). The lowest BCUT2D eigenvalue weighted by Crippen LogP contribution is -2.15. The van der Waals surface area contributed by atoms with E-state index in [4.69, 9.17) is 4.42 Å². The highest BCUT2D eigenvalue weighted by molar-refractivity contribution is 7.92. The van der Waals surface area contributed by atoms with Crippen molar-refractivity contribution >= 4 is 15.7 Å². The number of sulfonamides is 1. The summed E-state index contributed by atoms with van der Waals surface area (Å²) < 4.78 is 34.6. The van der Waals surface area contributed by atoms with Crippen molar-refractivity contribution in [2.24, 2.45) is 0 Å². The molecule has 7 nitrogen and oxygen atoms in total. The highest BCUT2D eigenvalue weighted by atomic mass is 32.2. The van der Waals surface area contributed by atoms with Gasteiger partial charge in [-0.1, -0.05) is 25.1 Å². The second-order valence-corrected chi connectivity index (χ2v) is 8.53. The maximum Gasteiger partial charge on any atom is 0.264 e. The summed E-state index contributed by atoms with van der Waals surface area (Å²) in [5.74, 6) is 1.29. The van der Waals surface area contributed by atoms with Crippen LogP contribution in [0.25, 0.3) is 11.6 Å². The Labute approximate surface area is 158 Å².